The molecule has 0 aliphatic rings. The van der Waals surface area contributed by atoms with Gasteiger partial charge in [-0.05, 0) is 35.4 Å². The van der Waals surface area contributed by atoms with E-state index in [0.717, 1.165) is 16.8 Å². The molecule has 148 valence electrons. The van der Waals surface area contributed by atoms with Gasteiger partial charge in [0, 0.05) is 32.0 Å². The molecule has 3 amide bonds. The summed E-state index contributed by atoms with van der Waals surface area (Å²) in [5.74, 6) is 0.00980. The molecule has 0 saturated heterocycles. The zero-order valence-electron chi connectivity index (χ0n) is 16.7. The second-order valence-corrected chi connectivity index (χ2v) is 6.93. The molecule has 0 fully saturated rings. The third-order valence-electron chi connectivity index (χ3n) is 4.69. The van der Waals surface area contributed by atoms with Gasteiger partial charge in [-0.3, -0.25) is 4.79 Å². The molecule has 0 unspecified atom stereocenters. The standard InChI is InChI=1S/C24H25N3O2/c1-26(18-20-9-5-3-6-10-20)24(29)25-21-15-13-19(14-16-21)17-23(28)27(2)22-11-7-4-8-12-22/h3-16H,17-18H2,1-2H3,(H,25,29). The Bertz CT molecular complexity index is 941. The molecule has 5 heteroatoms. The maximum Gasteiger partial charge on any atom is 0.321 e. The van der Waals surface area contributed by atoms with Crippen LogP contribution in [0.3, 0.4) is 0 Å². The number of carbonyl (C=O) groups is 2. The van der Waals surface area contributed by atoms with Gasteiger partial charge in [-0.15, -0.1) is 0 Å². The van der Waals surface area contributed by atoms with Crippen LogP contribution in [0.15, 0.2) is 84.9 Å². The lowest BCUT2D eigenvalue weighted by Crippen LogP contribution is -2.30. The van der Waals surface area contributed by atoms with Crippen molar-refractivity contribution in [2.75, 3.05) is 24.3 Å². The molecule has 0 heterocycles. The van der Waals surface area contributed by atoms with Gasteiger partial charge in [-0.2, -0.15) is 0 Å². The van der Waals surface area contributed by atoms with Crippen molar-refractivity contribution in [3.8, 4) is 0 Å². The van der Waals surface area contributed by atoms with E-state index in [1.807, 2.05) is 84.9 Å². The smallest absolute Gasteiger partial charge is 0.321 e. The van der Waals surface area contributed by atoms with Crippen molar-refractivity contribution in [3.63, 3.8) is 0 Å². The monoisotopic (exact) mass is 387 g/mol. The molecule has 3 aromatic carbocycles. The number of urea groups is 1. The lowest BCUT2D eigenvalue weighted by Gasteiger charge is -2.19. The Morgan fingerprint density at radius 1 is 0.759 bits per heavy atom. The molecule has 0 atom stereocenters. The zero-order chi connectivity index (χ0) is 20.6. The minimum atomic E-state index is -0.179. The highest BCUT2D eigenvalue weighted by molar-refractivity contribution is 5.94. The lowest BCUT2D eigenvalue weighted by molar-refractivity contribution is -0.117. The lowest BCUT2D eigenvalue weighted by atomic mass is 10.1. The van der Waals surface area contributed by atoms with Crippen LogP contribution in [0.5, 0.6) is 0 Å². The third kappa shape index (κ3) is 5.69. The van der Waals surface area contributed by atoms with Crippen molar-refractivity contribution in [1.82, 2.24) is 4.90 Å². The Labute approximate surface area is 171 Å². The number of hydrogen-bond acceptors (Lipinski definition) is 2. The van der Waals surface area contributed by atoms with Crippen LogP contribution >= 0.6 is 0 Å². The molecule has 3 rings (SSSR count). The maximum atomic E-state index is 12.5. The van der Waals surface area contributed by atoms with Gasteiger partial charge in [0.2, 0.25) is 5.91 Å². The summed E-state index contributed by atoms with van der Waals surface area (Å²) in [6.07, 6.45) is 0.299. The molecule has 0 spiro atoms. The Morgan fingerprint density at radius 3 is 1.97 bits per heavy atom. The number of hydrogen-bond donors (Lipinski definition) is 1. The molecule has 1 N–H and O–H groups in total. The number of carbonyl (C=O) groups excluding carboxylic acids is 2. The topological polar surface area (TPSA) is 52.7 Å². The van der Waals surface area contributed by atoms with Crippen molar-refractivity contribution >= 4 is 23.3 Å². The van der Waals surface area contributed by atoms with Crippen LogP contribution in [-0.2, 0) is 17.8 Å². The van der Waals surface area contributed by atoms with Gasteiger partial charge in [0.25, 0.3) is 0 Å². The average Bonchev–Trinajstić information content (AvgIpc) is 2.75. The molecule has 5 nitrogen and oxygen atoms in total. The van der Waals surface area contributed by atoms with Crippen molar-refractivity contribution in [2.24, 2.45) is 0 Å². The summed E-state index contributed by atoms with van der Waals surface area (Å²) in [5, 5.41) is 2.88. The van der Waals surface area contributed by atoms with Crippen LogP contribution in [-0.4, -0.2) is 30.9 Å². The molecular weight excluding hydrogens is 362 g/mol. The fourth-order valence-electron chi connectivity index (χ4n) is 2.94. The highest BCUT2D eigenvalue weighted by atomic mass is 16.2. The van der Waals surface area contributed by atoms with Crippen molar-refractivity contribution in [1.29, 1.82) is 0 Å². The molecule has 0 aliphatic carbocycles. The molecule has 3 aromatic rings. The molecule has 0 bridgehead atoms. The SMILES string of the molecule is CN(Cc1ccccc1)C(=O)Nc1ccc(CC(=O)N(C)c2ccccc2)cc1. The first-order valence-electron chi connectivity index (χ1n) is 9.49. The van der Waals surface area contributed by atoms with Crippen LogP contribution in [0.1, 0.15) is 11.1 Å². The second-order valence-electron chi connectivity index (χ2n) is 6.93. The summed E-state index contributed by atoms with van der Waals surface area (Å²) in [4.78, 5) is 28.1. The predicted octanol–water partition coefficient (Wildman–Crippen LogP) is 4.56. The summed E-state index contributed by atoms with van der Waals surface area (Å²) in [5.41, 5.74) is 3.53. The summed E-state index contributed by atoms with van der Waals surface area (Å²) >= 11 is 0. The molecule has 0 radical (unpaired) electrons. The molecule has 29 heavy (non-hydrogen) atoms. The van der Waals surface area contributed by atoms with Crippen LogP contribution in [0, 0.1) is 0 Å². The number of para-hydroxylation sites is 1. The van der Waals surface area contributed by atoms with E-state index in [0.29, 0.717) is 18.7 Å². The van der Waals surface area contributed by atoms with E-state index < -0.39 is 0 Å². The van der Waals surface area contributed by atoms with E-state index in [2.05, 4.69) is 5.32 Å². The van der Waals surface area contributed by atoms with Gasteiger partial charge in [-0.25, -0.2) is 4.79 Å². The summed E-state index contributed by atoms with van der Waals surface area (Å²) in [6, 6.07) is 26.6. The van der Waals surface area contributed by atoms with Crippen molar-refractivity contribution in [2.45, 2.75) is 13.0 Å². The van der Waals surface area contributed by atoms with Crippen molar-refractivity contribution < 1.29 is 9.59 Å². The predicted molar refractivity (Wildman–Crippen MR) is 117 cm³/mol. The first-order valence-corrected chi connectivity index (χ1v) is 9.49. The molecule has 0 aromatic heterocycles. The van der Waals surface area contributed by atoms with Gasteiger partial charge in [0.05, 0.1) is 6.42 Å². The normalized spacial score (nSPS) is 10.3. The Morgan fingerprint density at radius 2 is 1.34 bits per heavy atom. The maximum absolute atomic E-state index is 12.5. The number of likely N-dealkylation sites (N-methyl/N-ethyl adjacent to an activating group) is 1. The van der Waals surface area contributed by atoms with E-state index in [1.54, 1.807) is 23.9 Å². The number of amides is 3. The first-order chi connectivity index (χ1) is 14.0. The Balaban J connectivity index is 1.54. The second kappa shape index (κ2) is 9.55. The molecule has 0 saturated carbocycles. The highest BCUT2D eigenvalue weighted by Crippen LogP contribution is 2.15. The first kappa shape index (κ1) is 20.1. The summed E-state index contributed by atoms with van der Waals surface area (Å²) < 4.78 is 0. The van der Waals surface area contributed by atoms with Crippen LogP contribution in [0.2, 0.25) is 0 Å². The van der Waals surface area contributed by atoms with Crippen molar-refractivity contribution in [3.05, 3.63) is 96.1 Å². The van der Waals surface area contributed by atoms with Gasteiger partial charge < -0.3 is 15.1 Å². The van der Waals surface area contributed by atoms with E-state index >= 15 is 0 Å². The third-order valence-corrected chi connectivity index (χ3v) is 4.69. The zero-order valence-corrected chi connectivity index (χ0v) is 16.7. The minimum Gasteiger partial charge on any atom is -0.323 e. The Hall–Kier alpha value is -3.60. The highest BCUT2D eigenvalue weighted by Gasteiger charge is 2.12. The minimum absolute atomic E-state index is 0.00980. The fourth-order valence-corrected chi connectivity index (χ4v) is 2.94. The van der Waals surface area contributed by atoms with E-state index in [9.17, 15) is 9.59 Å². The van der Waals surface area contributed by atoms with E-state index in [1.165, 1.54) is 0 Å². The fraction of sp³-hybridized carbons (Fsp3) is 0.167. The van der Waals surface area contributed by atoms with Gasteiger partial charge in [-0.1, -0.05) is 60.7 Å². The van der Waals surface area contributed by atoms with E-state index in [4.69, 9.17) is 0 Å². The van der Waals surface area contributed by atoms with Gasteiger partial charge >= 0.3 is 6.03 Å². The van der Waals surface area contributed by atoms with Gasteiger partial charge in [0.1, 0.15) is 0 Å². The van der Waals surface area contributed by atoms with E-state index in [-0.39, 0.29) is 11.9 Å². The number of nitrogens with one attached hydrogen (secondary N) is 1. The number of nitrogens with zero attached hydrogens (tertiary/aromatic N) is 2. The number of benzene rings is 3. The van der Waals surface area contributed by atoms with Crippen LogP contribution in [0.25, 0.3) is 0 Å². The van der Waals surface area contributed by atoms with Crippen LogP contribution < -0.4 is 10.2 Å². The number of anilines is 2. The largest absolute Gasteiger partial charge is 0.323 e. The number of rotatable bonds is 6. The van der Waals surface area contributed by atoms with Crippen LogP contribution in [0.4, 0.5) is 16.2 Å². The molecular formula is C24H25N3O2. The summed E-state index contributed by atoms with van der Waals surface area (Å²) in [6.45, 7) is 0.533. The quantitative estimate of drug-likeness (QED) is 0.674. The molecule has 0 aliphatic heterocycles. The average molecular weight is 387 g/mol. The Kier molecular flexibility index (Phi) is 6.63. The van der Waals surface area contributed by atoms with Gasteiger partial charge in [0.15, 0.2) is 0 Å². The summed E-state index contributed by atoms with van der Waals surface area (Å²) in [7, 11) is 3.53.